The summed E-state index contributed by atoms with van der Waals surface area (Å²) in [4.78, 5) is 25.7. The van der Waals surface area contributed by atoms with Crippen LogP contribution in [0, 0.1) is 5.92 Å². The van der Waals surface area contributed by atoms with Crippen molar-refractivity contribution in [3.8, 4) is 0 Å². The van der Waals surface area contributed by atoms with Crippen molar-refractivity contribution in [2.24, 2.45) is 5.92 Å². The number of nitrogens with zero attached hydrogens (tertiary/aromatic N) is 1. The summed E-state index contributed by atoms with van der Waals surface area (Å²) in [5.41, 5.74) is 0. The summed E-state index contributed by atoms with van der Waals surface area (Å²) in [6, 6.07) is 0.424. The molecule has 0 heterocycles. The van der Waals surface area contributed by atoms with Gasteiger partial charge in [0, 0.05) is 31.8 Å². The highest BCUT2D eigenvalue weighted by molar-refractivity contribution is 5.88. The van der Waals surface area contributed by atoms with E-state index in [0.29, 0.717) is 18.9 Å². The number of carbonyl (C=O) groups excluding carboxylic acids is 2. The molecule has 0 saturated heterocycles. The molecule has 0 aromatic heterocycles. The van der Waals surface area contributed by atoms with E-state index >= 15 is 0 Å². The second-order valence-corrected chi connectivity index (χ2v) is 5.57. The van der Waals surface area contributed by atoms with Gasteiger partial charge in [-0.1, -0.05) is 19.3 Å². The van der Waals surface area contributed by atoms with Crippen molar-refractivity contribution in [2.45, 2.75) is 63.8 Å². The van der Waals surface area contributed by atoms with Crippen molar-refractivity contribution >= 4 is 11.7 Å². The molecule has 96 valence electrons. The molecule has 2 saturated carbocycles. The second-order valence-electron chi connectivity index (χ2n) is 5.57. The van der Waals surface area contributed by atoms with Crippen LogP contribution in [0.1, 0.15) is 57.8 Å². The molecule has 0 N–H and O–H groups in total. The van der Waals surface area contributed by atoms with Crippen molar-refractivity contribution in [3.63, 3.8) is 0 Å². The van der Waals surface area contributed by atoms with E-state index in [2.05, 4.69) is 0 Å². The van der Waals surface area contributed by atoms with Gasteiger partial charge in [-0.2, -0.15) is 0 Å². The average molecular weight is 237 g/mol. The van der Waals surface area contributed by atoms with Crippen LogP contribution >= 0.6 is 0 Å². The highest BCUT2D eigenvalue weighted by Crippen LogP contribution is 2.27. The topological polar surface area (TPSA) is 37.4 Å². The summed E-state index contributed by atoms with van der Waals surface area (Å²) in [7, 11) is 1.93. The average Bonchev–Trinajstić information content (AvgIpc) is 2.38. The molecule has 2 aliphatic rings. The first-order valence-corrected chi connectivity index (χ1v) is 6.97. The molecule has 2 aliphatic carbocycles. The van der Waals surface area contributed by atoms with Gasteiger partial charge in [0.2, 0.25) is 5.91 Å². The van der Waals surface area contributed by atoms with E-state index in [0.717, 1.165) is 25.7 Å². The Bertz CT molecular complexity index is 295. The Balaban J connectivity index is 1.91. The predicted molar refractivity (Wildman–Crippen MR) is 66.6 cm³/mol. The Hall–Kier alpha value is -0.860. The Morgan fingerprint density at radius 2 is 1.82 bits per heavy atom. The maximum atomic E-state index is 12.3. The lowest BCUT2D eigenvalue weighted by Crippen LogP contribution is -2.42. The Kier molecular flexibility index (Phi) is 4.19. The normalized spacial score (nSPS) is 26.9. The molecule has 2 rings (SSSR count). The first-order valence-electron chi connectivity index (χ1n) is 6.97. The van der Waals surface area contributed by atoms with Crippen LogP contribution in [0.4, 0.5) is 0 Å². The Labute approximate surface area is 104 Å². The fourth-order valence-corrected chi connectivity index (χ4v) is 3.17. The molecule has 0 bridgehead atoms. The highest BCUT2D eigenvalue weighted by atomic mass is 16.2. The van der Waals surface area contributed by atoms with Gasteiger partial charge in [-0.25, -0.2) is 0 Å². The molecule has 0 aliphatic heterocycles. The van der Waals surface area contributed by atoms with E-state index in [4.69, 9.17) is 0 Å². The van der Waals surface area contributed by atoms with Crippen LogP contribution in [-0.2, 0) is 9.59 Å². The summed E-state index contributed by atoms with van der Waals surface area (Å²) in [5, 5.41) is 0. The molecule has 3 heteroatoms. The SMILES string of the molecule is CN(C(=O)C1CCCC(=O)C1)C1CCCCC1. The van der Waals surface area contributed by atoms with Crippen LogP contribution < -0.4 is 0 Å². The molecule has 1 atom stereocenters. The van der Waals surface area contributed by atoms with Crippen molar-refractivity contribution in [3.05, 3.63) is 0 Å². The van der Waals surface area contributed by atoms with Crippen LogP contribution in [-0.4, -0.2) is 29.7 Å². The van der Waals surface area contributed by atoms with Gasteiger partial charge in [0.25, 0.3) is 0 Å². The third-order valence-electron chi connectivity index (χ3n) is 4.30. The van der Waals surface area contributed by atoms with Crippen LogP contribution in [0.5, 0.6) is 0 Å². The molecule has 0 aromatic carbocycles. The van der Waals surface area contributed by atoms with E-state index in [1.807, 2.05) is 11.9 Å². The molecular weight excluding hydrogens is 214 g/mol. The lowest BCUT2D eigenvalue weighted by atomic mass is 9.86. The van der Waals surface area contributed by atoms with Gasteiger partial charge in [0.15, 0.2) is 0 Å². The number of carbonyl (C=O) groups is 2. The van der Waals surface area contributed by atoms with E-state index < -0.39 is 0 Å². The van der Waals surface area contributed by atoms with Crippen LogP contribution in [0.25, 0.3) is 0 Å². The van der Waals surface area contributed by atoms with Gasteiger partial charge in [-0.05, 0) is 25.7 Å². The third kappa shape index (κ3) is 3.08. The predicted octanol–water partition coefficient (Wildman–Crippen LogP) is 2.54. The van der Waals surface area contributed by atoms with Crippen LogP contribution in [0.15, 0.2) is 0 Å². The number of rotatable bonds is 2. The summed E-state index contributed by atoms with van der Waals surface area (Å²) in [6.07, 6.45) is 9.03. The fraction of sp³-hybridized carbons (Fsp3) is 0.857. The zero-order valence-corrected chi connectivity index (χ0v) is 10.8. The summed E-state index contributed by atoms with van der Waals surface area (Å²) in [5.74, 6) is 0.458. The van der Waals surface area contributed by atoms with E-state index in [9.17, 15) is 9.59 Å². The van der Waals surface area contributed by atoms with Crippen molar-refractivity contribution in [2.75, 3.05) is 7.05 Å². The molecule has 1 unspecified atom stereocenters. The number of amides is 1. The molecule has 0 radical (unpaired) electrons. The standard InChI is InChI=1S/C14H23NO2/c1-15(12-7-3-2-4-8-12)14(17)11-6-5-9-13(16)10-11/h11-12H,2-10H2,1H3. The van der Waals surface area contributed by atoms with Crippen LogP contribution in [0.2, 0.25) is 0 Å². The minimum atomic E-state index is -0.0248. The van der Waals surface area contributed by atoms with Gasteiger partial charge in [-0.15, -0.1) is 0 Å². The lowest BCUT2D eigenvalue weighted by molar-refractivity contribution is -0.140. The molecular formula is C14H23NO2. The number of ketones is 1. The maximum absolute atomic E-state index is 12.3. The minimum Gasteiger partial charge on any atom is -0.343 e. The summed E-state index contributed by atoms with van der Waals surface area (Å²) < 4.78 is 0. The highest BCUT2D eigenvalue weighted by Gasteiger charge is 2.31. The monoisotopic (exact) mass is 237 g/mol. The second kappa shape index (κ2) is 5.65. The molecule has 2 fully saturated rings. The molecule has 1 amide bonds. The van der Waals surface area contributed by atoms with Crippen molar-refractivity contribution in [1.82, 2.24) is 4.90 Å². The fourth-order valence-electron chi connectivity index (χ4n) is 3.17. The van der Waals surface area contributed by atoms with E-state index in [1.165, 1.54) is 19.3 Å². The largest absolute Gasteiger partial charge is 0.343 e. The van der Waals surface area contributed by atoms with Crippen molar-refractivity contribution in [1.29, 1.82) is 0 Å². The smallest absolute Gasteiger partial charge is 0.226 e. The molecule has 17 heavy (non-hydrogen) atoms. The number of Topliss-reactive ketones (excluding diaryl/α,β-unsaturated/α-hetero) is 1. The van der Waals surface area contributed by atoms with Gasteiger partial charge in [0.1, 0.15) is 5.78 Å². The lowest BCUT2D eigenvalue weighted by Gasteiger charge is -2.34. The Morgan fingerprint density at radius 3 is 2.47 bits per heavy atom. The van der Waals surface area contributed by atoms with Gasteiger partial charge in [0.05, 0.1) is 0 Å². The van der Waals surface area contributed by atoms with Crippen molar-refractivity contribution < 1.29 is 9.59 Å². The summed E-state index contributed by atoms with van der Waals surface area (Å²) >= 11 is 0. The Morgan fingerprint density at radius 1 is 1.12 bits per heavy atom. The maximum Gasteiger partial charge on any atom is 0.226 e. The zero-order chi connectivity index (χ0) is 12.3. The van der Waals surface area contributed by atoms with Gasteiger partial charge >= 0.3 is 0 Å². The molecule has 0 spiro atoms. The van der Waals surface area contributed by atoms with Gasteiger partial charge in [-0.3, -0.25) is 9.59 Å². The van der Waals surface area contributed by atoms with Crippen LogP contribution in [0.3, 0.4) is 0 Å². The minimum absolute atomic E-state index is 0.0248. The molecule has 0 aromatic rings. The molecule has 3 nitrogen and oxygen atoms in total. The first-order chi connectivity index (χ1) is 8.18. The number of hydrogen-bond acceptors (Lipinski definition) is 2. The van der Waals surface area contributed by atoms with Gasteiger partial charge < -0.3 is 4.90 Å². The zero-order valence-electron chi connectivity index (χ0n) is 10.8. The number of hydrogen-bond donors (Lipinski definition) is 0. The summed E-state index contributed by atoms with van der Waals surface area (Å²) in [6.45, 7) is 0. The quantitative estimate of drug-likeness (QED) is 0.740. The third-order valence-corrected chi connectivity index (χ3v) is 4.30. The van der Waals surface area contributed by atoms with E-state index in [-0.39, 0.29) is 17.6 Å². The first kappa shape index (κ1) is 12.6. The van der Waals surface area contributed by atoms with E-state index in [1.54, 1.807) is 0 Å².